The van der Waals surface area contributed by atoms with Crippen LogP contribution in [0.1, 0.15) is 46.0 Å². The van der Waals surface area contributed by atoms with Gasteiger partial charge in [0.1, 0.15) is 5.82 Å². The van der Waals surface area contributed by atoms with Gasteiger partial charge in [0.05, 0.1) is 11.4 Å². The van der Waals surface area contributed by atoms with Gasteiger partial charge in [-0.15, -0.1) is 0 Å². The first kappa shape index (κ1) is 14.2. The number of anilines is 2. The third-order valence-corrected chi connectivity index (χ3v) is 4.50. The Balaban J connectivity index is 1.98. The Morgan fingerprint density at radius 1 is 1.26 bits per heavy atom. The molecule has 1 aliphatic rings. The van der Waals surface area contributed by atoms with Gasteiger partial charge < -0.3 is 11.1 Å². The number of hydrogen-bond acceptors (Lipinski definition) is 2. The SMILES string of the molecule is CC(C)(CNc1cccc(F)c1N)C1CCCCC1. The second-order valence-electron chi connectivity index (χ2n) is 6.38. The summed E-state index contributed by atoms with van der Waals surface area (Å²) in [7, 11) is 0. The highest BCUT2D eigenvalue weighted by Gasteiger charge is 2.30. The fourth-order valence-corrected chi connectivity index (χ4v) is 3.04. The molecule has 1 fully saturated rings. The molecular formula is C16H25FN2. The maximum absolute atomic E-state index is 13.4. The Morgan fingerprint density at radius 3 is 2.63 bits per heavy atom. The van der Waals surface area contributed by atoms with E-state index >= 15 is 0 Å². The first-order valence-electron chi connectivity index (χ1n) is 7.28. The molecule has 3 heteroatoms. The second kappa shape index (κ2) is 5.81. The molecule has 0 amide bonds. The van der Waals surface area contributed by atoms with Crippen LogP contribution in [0.15, 0.2) is 18.2 Å². The van der Waals surface area contributed by atoms with Crippen molar-refractivity contribution in [1.82, 2.24) is 0 Å². The summed E-state index contributed by atoms with van der Waals surface area (Å²) in [5.41, 5.74) is 6.91. The topological polar surface area (TPSA) is 38.0 Å². The second-order valence-corrected chi connectivity index (χ2v) is 6.38. The standard InChI is InChI=1S/C16H25FN2/c1-16(2,12-7-4-3-5-8-12)11-19-14-10-6-9-13(17)15(14)18/h6,9-10,12,19H,3-5,7-8,11,18H2,1-2H3. The van der Waals surface area contributed by atoms with Gasteiger partial charge in [-0.2, -0.15) is 0 Å². The highest BCUT2D eigenvalue weighted by molar-refractivity contribution is 5.66. The summed E-state index contributed by atoms with van der Waals surface area (Å²) in [6, 6.07) is 4.93. The van der Waals surface area contributed by atoms with Crippen molar-refractivity contribution in [3.8, 4) is 0 Å². The maximum atomic E-state index is 13.4. The summed E-state index contributed by atoms with van der Waals surface area (Å²) < 4.78 is 13.4. The van der Waals surface area contributed by atoms with Gasteiger partial charge in [0.15, 0.2) is 0 Å². The fraction of sp³-hybridized carbons (Fsp3) is 0.625. The first-order valence-corrected chi connectivity index (χ1v) is 7.28. The molecule has 0 aromatic heterocycles. The van der Waals surface area contributed by atoms with Crippen molar-refractivity contribution < 1.29 is 4.39 Å². The van der Waals surface area contributed by atoms with Gasteiger partial charge in [-0.05, 0) is 36.3 Å². The molecule has 0 bridgehead atoms. The number of halogens is 1. The van der Waals surface area contributed by atoms with E-state index < -0.39 is 0 Å². The van der Waals surface area contributed by atoms with Gasteiger partial charge in [-0.3, -0.25) is 0 Å². The largest absolute Gasteiger partial charge is 0.395 e. The van der Waals surface area contributed by atoms with Crippen molar-refractivity contribution in [3.05, 3.63) is 24.0 Å². The van der Waals surface area contributed by atoms with E-state index in [0.29, 0.717) is 5.69 Å². The molecule has 0 heterocycles. The Labute approximate surface area is 115 Å². The lowest BCUT2D eigenvalue weighted by Crippen LogP contribution is -2.33. The van der Waals surface area contributed by atoms with Crippen LogP contribution in [0.4, 0.5) is 15.8 Å². The van der Waals surface area contributed by atoms with Crippen LogP contribution in [0.3, 0.4) is 0 Å². The van der Waals surface area contributed by atoms with Crippen molar-refractivity contribution in [2.45, 2.75) is 46.0 Å². The van der Waals surface area contributed by atoms with Crippen molar-refractivity contribution in [3.63, 3.8) is 0 Å². The summed E-state index contributed by atoms with van der Waals surface area (Å²) >= 11 is 0. The zero-order valence-electron chi connectivity index (χ0n) is 12.0. The van der Waals surface area contributed by atoms with Crippen LogP contribution in [-0.4, -0.2) is 6.54 Å². The fourth-order valence-electron chi connectivity index (χ4n) is 3.04. The summed E-state index contributed by atoms with van der Waals surface area (Å²) in [6.07, 6.45) is 6.68. The van der Waals surface area contributed by atoms with Gasteiger partial charge in [0, 0.05) is 6.54 Å². The Kier molecular flexibility index (Phi) is 4.33. The quantitative estimate of drug-likeness (QED) is 0.790. The van der Waals surface area contributed by atoms with Crippen LogP contribution in [0.2, 0.25) is 0 Å². The molecule has 19 heavy (non-hydrogen) atoms. The molecule has 2 rings (SSSR count). The van der Waals surface area contributed by atoms with Crippen molar-refractivity contribution in [2.75, 3.05) is 17.6 Å². The number of nitrogens with one attached hydrogen (secondary N) is 1. The first-order chi connectivity index (χ1) is 9.00. The van der Waals surface area contributed by atoms with Crippen LogP contribution in [0.5, 0.6) is 0 Å². The van der Waals surface area contributed by atoms with E-state index in [0.717, 1.165) is 12.5 Å². The predicted molar refractivity (Wildman–Crippen MR) is 79.7 cm³/mol. The van der Waals surface area contributed by atoms with Gasteiger partial charge in [0.25, 0.3) is 0 Å². The normalized spacial score (nSPS) is 17.4. The van der Waals surface area contributed by atoms with E-state index in [4.69, 9.17) is 5.73 Å². The van der Waals surface area contributed by atoms with E-state index in [1.54, 1.807) is 6.07 Å². The Hall–Kier alpha value is -1.25. The van der Waals surface area contributed by atoms with Gasteiger partial charge in [-0.1, -0.05) is 39.2 Å². The van der Waals surface area contributed by atoms with Gasteiger partial charge in [-0.25, -0.2) is 4.39 Å². The third-order valence-electron chi connectivity index (χ3n) is 4.50. The highest BCUT2D eigenvalue weighted by Crippen LogP contribution is 2.38. The molecule has 106 valence electrons. The zero-order chi connectivity index (χ0) is 13.9. The van der Waals surface area contributed by atoms with Crippen LogP contribution in [0, 0.1) is 17.2 Å². The Morgan fingerprint density at radius 2 is 1.95 bits per heavy atom. The molecule has 0 radical (unpaired) electrons. The van der Waals surface area contributed by atoms with Gasteiger partial charge >= 0.3 is 0 Å². The number of nitrogen functional groups attached to an aromatic ring is 1. The van der Waals surface area contributed by atoms with Crippen LogP contribution in [-0.2, 0) is 0 Å². The van der Waals surface area contributed by atoms with E-state index in [2.05, 4.69) is 19.2 Å². The molecule has 0 spiro atoms. The maximum Gasteiger partial charge on any atom is 0.148 e. The lowest BCUT2D eigenvalue weighted by Gasteiger charge is -2.37. The predicted octanol–water partition coefficient (Wildman–Crippen LogP) is 4.43. The smallest absolute Gasteiger partial charge is 0.148 e. The van der Waals surface area contributed by atoms with E-state index in [1.165, 1.54) is 38.2 Å². The molecule has 1 aliphatic carbocycles. The number of benzene rings is 1. The lowest BCUT2D eigenvalue weighted by atomic mass is 9.71. The molecular weight excluding hydrogens is 239 g/mol. The highest BCUT2D eigenvalue weighted by atomic mass is 19.1. The minimum absolute atomic E-state index is 0.221. The summed E-state index contributed by atoms with van der Waals surface area (Å²) in [5, 5.41) is 3.33. The molecule has 2 nitrogen and oxygen atoms in total. The Bertz CT molecular complexity index is 423. The summed E-state index contributed by atoms with van der Waals surface area (Å²) in [4.78, 5) is 0. The van der Waals surface area contributed by atoms with E-state index in [1.807, 2.05) is 6.07 Å². The van der Waals surface area contributed by atoms with Gasteiger partial charge in [0.2, 0.25) is 0 Å². The minimum Gasteiger partial charge on any atom is -0.395 e. The average Bonchev–Trinajstić information content (AvgIpc) is 2.41. The molecule has 1 aromatic carbocycles. The average molecular weight is 264 g/mol. The molecule has 0 atom stereocenters. The van der Waals surface area contributed by atoms with Crippen LogP contribution < -0.4 is 11.1 Å². The monoisotopic (exact) mass is 264 g/mol. The van der Waals surface area contributed by atoms with Crippen LogP contribution in [0.25, 0.3) is 0 Å². The molecule has 1 aromatic rings. The van der Waals surface area contributed by atoms with Crippen molar-refractivity contribution >= 4 is 11.4 Å². The van der Waals surface area contributed by atoms with Crippen molar-refractivity contribution in [2.24, 2.45) is 11.3 Å². The number of para-hydroxylation sites is 1. The number of nitrogens with two attached hydrogens (primary N) is 1. The summed E-state index contributed by atoms with van der Waals surface area (Å²) in [6.45, 7) is 5.43. The zero-order valence-corrected chi connectivity index (χ0v) is 12.0. The minimum atomic E-state index is -0.347. The molecule has 1 saturated carbocycles. The van der Waals surface area contributed by atoms with E-state index in [9.17, 15) is 4.39 Å². The number of rotatable bonds is 4. The summed E-state index contributed by atoms with van der Waals surface area (Å²) in [5.74, 6) is 0.406. The molecule has 3 N–H and O–H groups in total. The van der Waals surface area contributed by atoms with E-state index in [-0.39, 0.29) is 16.9 Å². The molecule has 0 saturated heterocycles. The third kappa shape index (κ3) is 3.40. The van der Waals surface area contributed by atoms with Crippen LogP contribution >= 0.6 is 0 Å². The molecule has 0 aliphatic heterocycles. The van der Waals surface area contributed by atoms with Crippen molar-refractivity contribution in [1.29, 1.82) is 0 Å². The molecule has 0 unspecified atom stereocenters. The lowest BCUT2D eigenvalue weighted by molar-refractivity contribution is 0.172. The number of hydrogen-bond donors (Lipinski definition) is 2.